The molecule has 0 fully saturated rings. The third kappa shape index (κ3) is 5.26. The Bertz CT molecular complexity index is 573. The molecule has 0 bridgehead atoms. The third-order valence-electron chi connectivity index (χ3n) is 2.70. The Labute approximate surface area is 119 Å². The molecule has 0 aliphatic heterocycles. The predicted octanol–water partition coefficient (Wildman–Crippen LogP) is 3.14. The number of carboxylic acids is 1. The molecule has 1 unspecified atom stereocenters. The van der Waals surface area contributed by atoms with Crippen molar-refractivity contribution in [3.8, 4) is 17.6 Å². The van der Waals surface area contributed by atoms with Crippen molar-refractivity contribution in [1.29, 1.82) is 0 Å². The number of anilines is 1. The van der Waals surface area contributed by atoms with Gasteiger partial charge < -0.3 is 15.6 Å². The predicted molar refractivity (Wildman–Crippen MR) is 70.6 cm³/mol. The van der Waals surface area contributed by atoms with Crippen molar-refractivity contribution in [2.45, 2.75) is 32.0 Å². The zero-order valence-electron chi connectivity index (χ0n) is 11.2. The first-order chi connectivity index (χ1) is 9.74. The number of carbonyl (C=O) groups is 1. The number of nitrogen functional groups attached to an aromatic ring is 1. The molecule has 1 rings (SSSR count). The molecule has 0 aromatic heterocycles. The van der Waals surface area contributed by atoms with Gasteiger partial charge in [-0.05, 0) is 37.1 Å². The molecule has 0 saturated carbocycles. The smallest absolute Gasteiger partial charge is 0.481 e. The molecule has 3 N–H and O–H groups in total. The van der Waals surface area contributed by atoms with Gasteiger partial charge in [0.2, 0.25) is 0 Å². The molecular weight excluding hydrogens is 287 g/mol. The fraction of sp³-hybridized carbons (Fsp3) is 0.357. The van der Waals surface area contributed by atoms with E-state index in [1.165, 1.54) is 6.07 Å². The number of rotatable bonds is 5. The summed E-state index contributed by atoms with van der Waals surface area (Å²) >= 11 is 0. The highest BCUT2D eigenvalue weighted by Crippen LogP contribution is 2.32. The number of benzene rings is 1. The van der Waals surface area contributed by atoms with Gasteiger partial charge in [-0.1, -0.05) is 0 Å². The van der Waals surface area contributed by atoms with Crippen molar-refractivity contribution >= 4 is 11.7 Å². The fourth-order valence-corrected chi connectivity index (χ4v) is 1.81. The van der Waals surface area contributed by atoms with Crippen LogP contribution < -0.4 is 10.5 Å². The van der Waals surface area contributed by atoms with Crippen molar-refractivity contribution in [3.05, 3.63) is 23.8 Å². The molecule has 1 atom stereocenters. The Hall–Kier alpha value is -2.36. The normalized spacial score (nSPS) is 12.2. The van der Waals surface area contributed by atoms with Crippen LogP contribution in [0.1, 0.15) is 31.2 Å². The van der Waals surface area contributed by atoms with Crippen molar-refractivity contribution in [2.24, 2.45) is 0 Å². The molecular formula is C14H14F3NO3. The lowest BCUT2D eigenvalue weighted by Crippen LogP contribution is -2.18. The highest BCUT2D eigenvalue weighted by molar-refractivity contribution is 5.79. The monoisotopic (exact) mass is 301 g/mol. The Balaban J connectivity index is 3.08. The molecule has 1 aromatic rings. The zero-order chi connectivity index (χ0) is 16.0. The Kier molecular flexibility index (Phi) is 5.47. The van der Waals surface area contributed by atoms with Gasteiger partial charge in [0, 0.05) is 12.1 Å². The number of ether oxygens (including phenoxy) is 1. The molecule has 4 nitrogen and oxygen atoms in total. The number of alkyl halides is 3. The first kappa shape index (κ1) is 16.7. The molecule has 0 aliphatic carbocycles. The minimum atomic E-state index is -4.85. The minimum absolute atomic E-state index is 0.0853. The van der Waals surface area contributed by atoms with E-state index in [4.69, 9.17) is 5.73 Å². The number of halogens is 3. The highest BCUT2D eigenvalue weighted by atomic mass is 19.4. The van der Waals surface area contributed by atoms with E-state index in [0.29, 0.717) is 6.42 Å². The van der Waals surface area contributed by atoms with E-state index in [1.807, 2.05) is 0 Å². The maximum absolute atomic E-state index is 12.2. The van der Waals surface area contributed by atoms with Crippen molar-refractivity contribution < 1.29 is 27.8 Å². The van der Waals surface area contributed by atoms with Gasteiger partial charge in [0.15, 0.2) is 0 Å². The standard InChI is InChI=1S/C14H14F3NO3/c1-2-3-4-5-10(13(19)20)11-8-9(6-7-12(11)18)21-14(15,16)17/h6-8,10H,4-5,18H2,1H3,(H,19,20). The lowest BCUT2D eigenvalue weighted by Gasteiger charge is -2.16. The van der Waals surface area contributed by atoms with Gasteiger partial charge in [-0.2, -0.15) is 0 Å². The van der Waals surface area contributed by atoms with Gasteiger partial charge in [0.25, 0.3) is 0 Å². The molecule has 0 radical (unpaired) electrons. The van der Waals surface area contributed by atoms with Crippen molar-refractivity contribution in [3.63, 3.8) is 0 Å². The Morgan fingerprint density at radius 3 is 2.67 bits per heavy atom. The summed E-state index contributed by atoms with van der Waals surface area (Å²) in [7, 11) is 0. The number of nitrogens with two attached hydrogens (primary N) is 1. The van der Waals surface area contributed by atoms with Crippen LogP contribution >= 0.6 is 0 Å². The topological polar surface area (TPSA) is 72.5 Å². The SMILES string of the molecule is CC#CCCC(C(=O)O)c1cc(OC(F)(F)F)ccc1N. The summed E-state index contributed by atoms with van der Waals surface area (Å²) < 4.78 is 40.4. The molecule has 0 amide bonds. The average molecular weight is 301 g/mol. The number of hydrogen-bond donors (Lipinski definition) is 2. The van der Waals surface area contributed by atoms with Crippen molar-refractivity contribution in [2.75, 3.05) is 5.73 Å². The van der Waals surface area contributed by atoms with Crippen LogP contribution in [0, 0.1) is 11.8 Å². The van der Waals surface area contributed by atoms with Crippen LogP contribution in [0.2, 0.25) is 0 Å². The fourth-order valence-electron chi connectivity index (χ4n) is 1.81. The van der Waals surface area contributed by atoms with Gasteiger partial charge in [-0.25, -0.2) is 0 Å². The van der Waals surface area contributed by atoms with E-state index in [-0.39, 0.29) is 17.7 Å². The van der Waals surface area contributed by atoms with E-state index < -0.39 is 24.0 Å². The number of carboxylic acid groups (broad SMARTS) is 1. The Morgan fingerprint density at radius 2 is 2.14 bits per heavy atom. The summed E-state index contributed by atoms with van der Waals surface area (Å²) in [5.74, 6) is 2.62. The Morgan fingerprint density at radius 1 is 1.48 bits per heavy atom. The molecule has 1 aromatic carbocycles. The summed E-state index contributed by atoms with van der Waals surface area (Å²) in [6.45, 7) is 1.61. The molecule has 114 valence electrons. The van der Waals surface area contributed by atoms with Gasteiger partial charge in [-0.15, -0.1) is 25.0 Å². The highest BCUT2D eigenvalue weighted by Gasteiger charge is 2.32. The molecule has 0 aliphatic rings. The van der Waals surface area contributed by atoms with Gasteiger partial charge >= 0.3 is 12.3 Å². The molecule has 0 spiro atoms. The molecule has 0 heterocycles. The maximum Gasteiger partial charge on any atom is 0.573 e. The van der Waals surface area contributed by atoms with Crippen LogP contribution in [0.4, 0.5) is 18.9 Å². The lowest BCUT2D eigenvalue weighted by atomic mass is 9.93. The second kappa shape index (κ2) is 6.88. The van der Waals surface area contributed by atoms with Crippen LogP contribution in [0.25, 0.3) is 0 Å². The molecule has 7 heteroatoms. The second-order valence-electron chi connectivity index (χ2n) is 4.19. The first-order valence-electron chi connectivity index (χ1n) is 6.02. The molecule has 0 saturated heterocycles. The third-order valence-corrected chi connectivity index (χ3v) is 2.70. The number of hydrogen-bond acceptors (Lipinski definition) is 3. The van der Waals surface area contributed by atoms with Crippen LogP contribution in [0.15, 0.2) is 18.2 Å². The lowest BCUT2D eigenvalue weighted by molar-refractivity contribution is -0.274. The summed E-state index contributed by atoms with van der Waals surface area (Å²) in [5.41, 5.74) is 5.84. The van der Waals surface area contributed by atoms with E-state index >= 15 is 0 Å². The van der Waals surface area contributed by atoms with E-state index in [0.717, 1.165) is 12.1 Å². The van der Waals surface area contributed by atoms with Gasteiger partial charge in [0.05, 0.1) is 5.92 Å². The van der Waals surface area contributed by atoms with E-state index in [1.54, 1.807) is 6.92 Å². The van der Waals surface area contributed by atoms with Gasteiger partial charge in [0.1, 0.15) is 5.75 Å². The average Bonchev–Trinajstić information content (AvgIpc) is 2.35. The van der Waals surface area contributed by atoms with Crippen LogP contribution in [-0.4, -0.2) is 17.4 Å². The summed E-state index contributed by atoms with van der Waals surface area (Å²) in [4.78, 5) is 11.3. The second-order valence-corrected chi connectivity index (χ2v) is 4.19. The van der Waals surface area contributed by atoms with Crippen molar-refractivity contribution in [1.82, 2.24) is 0 Å². The largest absolute Gasteiger partial charge is 0.573 e. The van der Waals surface area contributed by atoms with E-state index in [2.05, 4.69) is 16.6 Å². The zero-order valence-corrected chi connectivity index (χ0v) is 11.2. The van der Waals surface area contributed by atoms with Crippen LogP contribution in [0.5, 0.6) is 5.75 Å². The summed E-state index contributed by atoms with van der Waals surface area (Å²) in [6, 6.07) is 3.23. The van der Waals surface area contributed by atoms with Crippen LogP contribution in [-0.2, 0) is 4.79 Å². The number of aliphatic carboxylic acids is 1. The summed E-state index contributed by atoms with van der Waals surface area (Å²) in [6.07, 6.45) is -4.40. The van der Waals surface area contributed by atoms with E-state index in [9.17, 15) is 23.1 Å². The van der Waals surface area contributed by atoms with Gasteiger partial charge in [-0.3, -0.25) is 4.79 Å². The first-order valence-corrected chi connectivity index (χ1v) is 6.02. The maximum atomic E-state index is 12.2. The quantitative estimate of drug-likeness (QED) is 0.647. The minimum Gasteiger partial charge on any atom is -0.481 e. The van der Waals surface area contributed by atoms with Crippen LogP contribution in [0.3, 0.4) is 0 Å². The summed E-state index contributed by atoms with van der Waals surface area (Å²) in [5, 5.41) is 9.21. The molecule has 21 heavy (non-hydrogen) atoms.